The number of aldehydes is 4. The van der Waals surface area contributed by atoms with Gasteiger partial charge in [0, 0.05) is 22.3 Å². The molecule has 0 saturated heterocycles. The maximum Gasteiger partial charge on any atom is 0.151 e. The van der Waals surface area contributed by atoms with Crippen molar-refractivity contribution in [2.75, 3.05) is 0 Å². The largest absolute Gasteiger partial charge is 0.298 e. The highest BCUT2D eigenvalue weighted by atomic mass is 16.1. The minimum atomic E-state index is 0.198. The molecule has 0 aliphatic rings. The minimum Gasteiger partial charge on any atom is -0.298 e. The van der Waals surface area contributed by atoms with E-state index in [1.165, 1.54) is 0 Å². The molecule has 0 atom stereocenters. The van der Waals surface area contributed by atoms with Gasteiger partial charge in [-0.2, -0.15) is 0 Å². The van der Waals surface area contributed by atoms with Crippen molar-refractivity contribution < 1.29 is 19.2 Å². The molecule has 4 aromatic rings. The van der Waals surface area contributed by atoms with Crippen molar-refractivity contribution in [3.8, 4) is 11.1 Å². The van der Waals surface area contributed by atoms with Crippen LogP contribution in [0.25, 0.3) is 32.7 Å². The summed E-state index contributed by atoms with van der Waals surface area (Å²) in [6.45, 7) is 0. The van der Waals surface area contributed by atoms with E-state index in [1.54, 1.807) is 36.4 Å². The molecular formula is C24H14O4. The highest BCUT2D eigenvalue weighted by molar-refractivity contribution is 6.14. The Balaban J connectivity index is 2.21. The van der Waals surface area contributed by atoms with Gasteiger partial charge >= 0.3 is 0 Å². The Labute approximate surface area is 160 Å². The number of hydrogen-bond donors (Lipinski definition) is 0. The molecule has 0 N–H and O–H groups in total. The van der Waals surface area contributed by atoms with Gasteiger partial charge in [0.25, 0.3) is 0 Å². The van der Waals surface area contributed by atoms with Gasteiger partial charge in [0.2, 0.25) is 0 Å². The molecule has 4 heteroatoms. The van der Waals surface area contributed by atoms with E-state index in [2.05, 4.69) is 0 Å². The average Bonchev–Trinajstić information content (AvgIpc) is 2.76. The number of hydrogen-bond acceptors (Lipinski definition) is 4. The minimum absolute atomic E-state index is 0.198. The van der Waals surface area contributed by atoms with Crippen molar-refractivity contribution in [1.82, 2.24) is 0 Å². The summed E-state index contributed by atoms with van der Waals surface area (Å²) in [4.78, 5) is 47.4. The molecule has 134 valence electrons. The molecule has 0 radical (unpaired) electrons. The van der Waals surface area contributed by atoms with Crippen molar-refractivity contribution in [3.05, 3.63) is 82.9 Å². The first-order chi connectivity index (χ1) is 13.7. The summed E-state index contributed by atoms with van der Waals surface area (Å²) in [5.41, 5.74) is 1.83. The molecule has 28 heavy (non-hydrogen) atoms. The number of benzene rings is 4. The Morgan fingerprint density at radius 1 is 0.464 bits per heavy atom. The van der Waals surface area contributed by atoms with Crippen molar-refractivity contribution in [1.29, 1.82) is 0 Å². The molecule has 4 rings (SSSR count). The van der Waals surface area contributed by atoms with Gasteiger partial charge in [-0.25, -0.2) is 0 Å². The Kier molecular flexibility index (Phi) is 4.38. The molecular weight excluding hydrogens is 352 g/mol. The van der Waals surface area contributed by atoms with Gasteiger partial charge in [-0.3, -0.25) is 19.2 Å². The molecule has 4 aromatic carbocycles. The Bertz CT molecular complexity index is 1180. The van der Waals surface area contributed by atoms with E-state index in [-0.39, 0.29) is 22.3 Å². The lowest BCUT2D eigenvalue weighted by atomic mass is 9.86. The second-order valence-corrected chi connectivity index (χ2v) is 6.42. The number of rotatable bonds is 5. The lowest BCUT2D eigenvalue weighted by Gasteiger charge is -2.15. The molecule has 0 fully saturated rings. The fourth-order valence-electron chi connectivity index (χ4n) is 3.74. The van der Waals surface area contributed by atoms with Gasteiger partial charge in [-0.15, -0.1) is 0 Å². The fraction of sp³-hybridized carbons (Fsp3) is 0. The van der Waals surface area contributed by atoms with Crippen LogP contribution in [0.2, 0.25) is 0 Å². The number of carbonyl (C=O) groups is 4. The topological polar surface area (TPSA) is 68.3 Å². The van der Waals surface area contributed by atoms with Crippen LogP contribution in [-0.4, -0.2) is 25.1 Å². The molecule has 0 bridgehead atoms. The molecule has 0 aliphatic heterocycles. The van der Waals surface area contributed by atoms with Gasteiger partial charge < -0.3 is 0 Å². The lowest BCUT2D eigenvalue weighted by Crippen LogP contribution is -2.02. The molecule has 0 amide bonds. The normalized spacial score (nSPS) is 10.7. The fourth-order valence-corrected chi connectivity index (χ4v) is 3.74. The summed E-state index contributed by atoms with van der Waals surface area (Å²) in [6.07, 6.45) is 2.54. The maximum absolute atomic E-state index is 11.9. The van der Waals surface area contributed by atoms with Gasteiger partial charge in [0.1, 0.15) is 0 Å². The van der Waals surface area contributed by atoms with E-state index in [9.17, 15) is 19.2 Å². The highest BCUT2D eigenvalue weighted by Gasteiger charge is 2.19. The standard InChI is InChI=1S/C24H14O4/c25-11-21-17-7-3-1-5-15(17)9-19(23(21)13-27)20-10-16-6-2-4-8-18(16)22(12-26)24(20)14-28/h1-14H. The Morgan fingerprint density at radius 3 is 1.18 bits per heavy atom. The second-order valence-electron chi connectivity index (χ2n) is 6.42. The zero-order chi connectivity index (χ0) is 19.7. The van der Waals surface area contributed by atoms with Crippen LogP contribution in [0.15, 0.2) is 60.7 Å². The van der Waals surface area contributed by atoms with Crippen molar-refractivity contribution in [2.24, 2.45) is 0 Å². The van der Waals surface area contributed by atoms with Crippen LogP contribution in [0.1, 0.15) is 41.4 Å². The molecule has 0 aliphatic carbocycles. The summed E-state index contributed by atoms with van der Waals surface area (Å²) in [7, 11) is 0. The first-order valence-corrected chi connectivity index (χ1v) is 8.66. The molecule has 0 saturated carbocycles. The number of carbonyl (C=O) groups excluding carboxylic acids is 4. The quantitative estimate of drug-likeness (QED) is 0.471. The van der Waals surface area contributed by atoms with Gasteiger partial charge in [0.05, 0.1) is 0 Å². The predicted octanol–water partition coefficient (Wildman–Crippen LogP) is 4.91. The summed E-state index contributed by atoms with van der Waals surface area (Å²) in [5, 5.41) is 2.85. The first kappa shape index (κ1) is 17.5. The summed E-state index contributed by atoms with van der Waals surface area (Å²) >= 11 is 0. The highest BCUT2D eigenvalue weighted by Crippen LogP contribution is 2.36. The van der Waals surface area contributed by atoms with Crippen LogP contribution in [-0.2, 0) is 0 Å². The van der Waals surface area contributed by atoms with Crippen LogP contribution in [0, 0.1) is 0 Å². The van der Waals surface area contributed by atoms with E-state index in [0.29, 0.717) is 47.0 Å². The van der Waals surface area contributed by atoms with Gasteiger partial charge in [-0.1, -0.05) is 48.5 Å². The van der Waals surface area contributed by atoms with Crippen molar-refractivity contribution >= 4 is 46.7 Å². The van der Waals surface area contributed by atoms with Gasteiger partial charge in [-0.05, 0) is 44.8 Å². The van der Waals surface area contributed by atoms with Crippen LogP contribution < -0.4 is 0 Å². The smallest absolute Gasteiger partial charge is 0.151 e. The lowest BCUT2D eigenvalue weighted by molar-refractivity contribution is 0.109. The summed E-state index contributed by atoms with van der Waals surface area (Å²) < 4.78 is 0. The second kappa shape index (κ2) is 7.00. The van der Waals surface area contributed by atoms with E-state index in [4.69, 9.17) is 0 Å². The molecule has 0 spiro atoms. The van der Waals surface area contributed by atoms with Crippen molar-refractivity contribution in [3.63, 3.8) is 0 Å². The third-order valence-electron chi connectivity index (χ3n) is 5.02. The van der Waals surface area contributed by atoms with Crippen LogP contribution in [0.5, 0.6) is 0 Å². The molecule has 4 nitrogen and oxygen atoms in total. The predicted molar refractivity (Wildman–Crippen MR) is 108 cm³/mol. The summed E-state index contributed by atoms with van der Waals surface area (Å²) in [6, 6.07) is 18.0. The Morgan fingerprint density at radius 2 is 0.821 bits per heavy atom. The van der Waals surface area contributed by atoms with Crippen LogP contribution in [0.3, 0.4) is 0 Å². The van der Waals surface area contributed by atoms with Crippen LogP contribution in [0.4, 0.5) is 0 Å². The Hall–Kier alpha value is -3.92. The maximum atomic E-state index is 11.9. The summed E-state index contributed by atoms with van der Waals surface area (Å²) in [5.74, 6) is 0. The molecule has 0 unspecified atom stereocenters. The first-order valence-electron chi connectivity index (χ1n) is 8.66. The monoisotopic (exact) mass is 366 g/mol. The molecule has 0 aromatic heterocycles. The van der Waals surface area contributed by atoms with E-state index >= 15 is 0 Å². The number of fused-ring (bicyclic) bond motifs is 2. The zero-order valence-electron chi connectivity index (χ0n) is 14.7. The van der Waals surface area contributed by atoms with E-state index in [1.807, 2.05) is 24.3 Å². The average molecular weight is 366 g/mol. The third kappa shape index (κ3) is 2.55. The van der Waals surface area contributed by atoms with Crippen LogP contribution >= 0.6 is 0 Å². The van der Waals surface area contributed by atoms with Gasteiger partial charge in [0.15, 0.2) is 25.1 Å². The van der Waals surface area contributed by atoms with Crippen molar-refractivity contribution in [2.45, 2.75) is 0 Å². The van der Waals surface area contributed by atoms with E-state index in [0.717, 1.165) is 10.8 Å². The zero-order valence-corrected chi connectivity index (χ0v) is 14.7. The molecule has 0 heterocycles. The third-order valence-corrected chi connectivity index (χ3v) is 5.02. The SMILES string of the molecule is O=Cc1c(-c2cc3ccccc3c(C=O)c2C=O)cc2ccccc2c1C=O. The van der Waals surface area contributed by atoms with E-state index < -0.39 is 0 Å².